The molecule has 78 heavy (non-hydrogen) atoms. The standard InChI is InChI=1S/C54H61N9O12S3/c1-5-59(6-2)38-18-23-44-49(30-38)74-50-31-39(60(7-3)8-4)19-24-45(50)52(44)46-25-22-43(32-51(46)78(71,72)73)76(67,68)55-33-37-34-62(58-57-37)40-29-48(63(35-40)77(69,70)42-14-10-9-11-15-42)53(64)56-47(54(65)66)28-36-16-20-41(21-17-36)75-61-26-12-13-27-61/h9-11,14-25,30-32,34,40,47-48,55H,5-8,12-13,26-29,33,35H2,1-4H3,(H2-,56,64,65,66,71,72,73)/p+1/t40-,47+,48+/m1/s1. The van der Waals surface area contributed by atoms with Gasteiger partial charge in [0.1, 0.15) is 47.2 Å². The highest BCUT2D eigenvalue weighted by Gasteiger charge is 2.46. The number of carboxylic acid groups (broad SMARTS) is 1. The van der Waals surface area contributed by atoms with Crippen LogP contribution in [0.4, 0.5) is 5.69 Å². The van der Waals surface area contributed by atoms with Gasteiger partial charge in [-0.15, -0.1) is 10.2 Å². The Kier molecular flexibility index (Phi) is 16.5. The van der Waals surface area contributed by atoms with Crippen molar-refractivity contribution in [3.63, 3.8) is 0 Å². The molecule has 1 amide bonds. The number of anilines is 1. The van der Waals surface area contributed by atoms with Crippen molar-refractivity contribution in [2.45, 2.75) is 92.7 Å². The summed E-state index contributed by atoms with van der Waals surface area (Å²) < 4.78 is 107. The van der Waals surface area contributed by atoms with E-state index in [-0.39, 0.29) is 35.5 Å². The fraction of sp³-hybridized carbons (Fsp3) is 0.352. The van der Waals surface area contributed by atoms with E-state index in [1.54, 1.807) is 30.3 Å². The number of hydroxylamine groups is 2. The van der Waals surface area contributed by atoms with Crippen LogP contribution < -0.4 is 29.7 Å². The molecule has 3 atom stereocenters. The molecule has 4 aromatic carbocycles. The topological polar surface area (TPSA) is 267 Å². The molecular weight excluding hydrogens is 1060 g/mol. The molecule has 4 aliphatic rings. The summed E-state index contributed by atoms with van der Waals surface area (Å²) in [7, 11) is -14.0. The Hall–Kier alpha value is -7.06. The highest BCUT2D eigenvalue weighted by atomic mass is 32.2. The van der Waals surface area contributed by atoms with Crippen LogP contribution in [0.3, 0.4) is 0 Å². The third-order valence-corrected chi connectivity index (χ3v) is 18.5. The molecule has 9 rings (SSSR count). The molecule has 3 aliphatic heterocycles. The van der Waals surface area contributed by atoms with Gasteiger partial charge in [0.05, 0.1) is 40.3 Å². The molecule has 0 radical (unpaired) electrons. The number of nitrogens with zero attached hydrogens (tertiary/aromatic N) is 7. The SMILES string of the molecule is CCN(CC)c1ccc2c(-c3ccc(S(=O)(=O)NCc4cn([C@@H]5C[C@@H](C(=O)N[C@@H](Cc6ccc(ON7CCCC7)cc6)C(=O)O)N(S(=O)(=O)c6ccccc6)C5)nn4)cc3S(=O)(=O)O)c3ccc(=[N+](CC)CC)cc-3oc2c1. The molecule has 1 aromatic heterocycles. The molecular formula is C54H62N9O12S3+. The van der Waals surface area contributed by atoms with Gasteiger partial charge in [0.2, 0.25) is 31.3 Å². The van der Waals surface area contributed by atoms with Crippen molar-refractivity contribution in [2.75, 3.05) is 50.7 Å². The first-order chi connectivity index (χ1) is 37.3. The van der Waals surface area contributed by atoms with Crippen LogP contribution in [0.15, 0.2) is 134 Å². The fourth-order valence-corrected chi connectivity index (χ4v) is 13.7. The Morgan fingerprint density at radius 1 is 0.846 bits per heavy atom. The first-order valence-electron chi connectivity index (χ1n) is 25.8. The molecule has 4 N–H and O–H groups in total. The second kappa shape index (κ2) is 23.1. The third kappa shape index (κ3) is 11.8. The quantitative estimate of drug-likeness (QED) is 0.0399. The number of fused-ring (bicyclic) bond motifs is 2. The van der Waals surface area contributed by atoms with Gasteiger partial charge in [-0.1, -0.05) is 41.6 Å². The number of rotatable bonds is 21. The third-order valence-electron chi connectivity index (χ3n) is 14.3. The largest absolute Gasteiger partial charge is 0.480 e. The van der Waals surface area contributed by atoms with E-state index in [1.165, 1.54) is 47.3 Å². The molecule has 0 bridgehead atoms. The Morgan fingerprint density at radius 2 is 1.55 bits per heavy atom. The molecule has 5 aromatic rings. The molecule has 4 heterocycles. The molecule has 0 saturated carbocycles. The monoisotopic (exact) mass is 1120 g/mol. The number of sulfonamides is 2. The average molecular weight is 1130 g/mol. The van der Waals surface area contributed by atoms with Crippen molar-refractivity contribution in [3.8, 4) is 28.2 Å². The van der Waals surface area contributed by atoms with Crippen molar-refractivity contribution in [1.29, 1.82) is 0 Å². The van der Waals surface area contributed by atoms with E-state index in [0.29, 0.717) is 39.2 Å². The minimum atomic E-state index is -5.08. The fourth-order valence-electron chi connectivity index (χ4n) is 10.2. The van der Waals surface area contributed by atoms with Gasteiger partial charge in [-0.2, -0.15) is 12.7 Å². The van der Waals surface area contributed by atoms with Crippen LogP contribution in [-0.2, 0) is 52.7 Å². The van der Waals surface area contributed by atoms with Gasteiger partial charge < -0.3 is 24.6 Å². The van der Waals surface area contributed by atoms with E-state index in [4.69, 9.17) is 9.25 Å². The van der Waals surface area contributed by atoms with Crippen LogP contribution in [0.5, 0.6) is 5.75 Å². The van der Waals surface area contributed by atoms with Gasteiger partial charge in [0.15, 0.2) is 0 Å². The molecule has 0 unspecified atom stereocenters. The number of benzene rings is 5. The van der Waals surface area contributed by atoms with Gasteiger partial charge in [-0.3, -0.25) is 9.35 Å². The van der Waals surface area contributed by atoms with E-state index in [1.807, 2.05) is 69.2 Å². The molecule has 1 aliphatic carbocycles. The number of carbonyl (C=O) groups excluding carboxylic acids is 1. The zero-order valence-electron chi connectivity index (χ0n) is 43.5. The van der Waals surface area contributed by atoms with Crippen LogP contribution >= 0.6 is 0 Å². The van der Waals surface area contributed by atoms with Gasteiger partial charge in [0, 0.05) is 79.0 Å². The summed E-state index contributed by atoms with van der Waals surface area (Å²) in [6, 6.07) is 25.3. The van der Waals surface area contributed by atoms with Gasteiger partial charge >= 0.3 is 5.97 Å². The van der Waals surface area contributed by atoms with Crippen molar-refractivity contribution in [1.82, 2.24) is 39.0 Å². The van der Waals surface area contributed by atoms with Crippen LogP contribution in [-0.4, -0.2) is 129 Å². The Bertz CT molecular complexity index is 3730. The van der Waals surface area contributed by atoms with Crippen LogP contribution in [0.25, 0.3) is 33.4 Å². The summed E-state index contributed by atoms with van der Waals surface area (Å²) in [5, 5.41) is 24.4. The van der Waals surface area contributed by atoms with Gasteiger partial charge in [0.25, 0.3) is 10.1 Å². The average Bonchev–Trinajstić information content (AvgIpc) is 4.37. The summed E-state index contributed by atoms with van der Waals surface area (Å²) >= 11 is 0. The zero-order chi connectivity index (χ0) is 55.5. The van der Waals surface area contributed by atoms with E-state index in [2.05, 4.69) is 29.8 Å². The Morgan fingerprint density at radius 3 is 2.22 bits per heavy atom. The first-order valence-corrected chi connectivity index (χ1v) is 30.2. The summed E-state index contributed by atoms with van der Waals surface area (Å²) in [6.45, 7) is 11.9. The lowest BCUT2D eigenvalue weighted by Crippen LogP contribution is -2.51. The molecule has 0 spiro atoms. The van der Waals surface area contributed by atoms with Crippen LogP contribution in [0, 0.1) is 0 Å². The maximum atomic E-state index is 14.2. The number of hydrogen-bond donors (Lipinski definition) is 4. The summed E-state index contributed by atoms with van der Waals surface area (Å²) in [4.78, 5) is 33.5. The molecule has 24 heteroatoms. The minimum Gasteiger partial charge on any atom is -0.480 e. The lowest BCUT2D eigenvalue weighted by molar-refractivity contribution is -0.142. The number of nitrogens with one attached hydrogen (secondary N) is 2. The summed E-state index contributed by atoms with van der Waals surface area (Å²) in [5.41, 5.74) is 2.95. The highest BCUT2D eigenvalue weighted by molar-refractivity contribution is 7.89. The summed E-state index contributed by atoms with van der Waals surface area (Å²) in [5.74, 6) is -1.15. The lowest BCUT2D eigenvalue weighted by Gasteiger charge is -2.25. The predicted octanol–water partition coefficient (Wildman–Crippen LogP) is 5.39. The van der Waals surface area contributed by atoms with Gasteiger partial charge in [-0.25, -0.2) is 35.6 Å². The van der Waals surface area contributed by atoms with E-state index in [0.717, 1.165) is 73.5 Å². The zero-order valence-corrected chi connectivity index (χ0v) is 46.0. The maximum absolute atomic E-state index is 14.2. The molecule has 412 valence electrons. The number of carbonyl (C=O) groups is 2. The molecule has 2 saturated heterocycles. The van der Waals surface area contributed by atoms with Crippen molar-refractivity contribution >= 4 is 58.7 Å². The Balaban J connectivity index is 0.965. The van der Waals surface area contributed by atoms with Crippen LogP contribution in [0.2, 0.25) is 0 Å². The second-order valence-electron chi connectivity index (χ2n) is 19.1. The highest BCUT2D eigenvalue weighted by Crippen LogP contribution is 2.44. The number of aromatic nitrogens is 3. The number of aliphatic carboxylic acids is 1. The van der Waals surface area contributed by atoms with E-state index in [9.17, 15) is 44.5 Å². The number of amides is 1. The smallest absolute Gasteiger partial charge is 0.326 e. The number of carboxylic acids is 1. The Labute approximate surface area is 452 Å². The summed E-state index contributed by atoms with van der Waals surface area (Å²) in [6.07, 6.45) is 3.18. The van der Waals surface area contributed by atoms with Crippen molar-refractivity contribution in [3.05, 3.63) is 132 Å². The first kappa shape index (κ1) is 55.7. The normalized spacial score (nSPS) is 16.9. The van der Waals surface area contributed by atoms with Gasteiger partial charge in [-0.05, 0) is 107 Å². The van der Waals surface area contributed by atoms with E-state index < -0.39 is 76.5 Å². The number of hydrogen-bond acceptors (Lipinski definition) is 14. The second-order valence-corrected chi connectivity index (χ2v) is 24.1. The predicted molar refractivity (Wildman–Crippen MR) is 291 cm³/mol. The maximum Gasteiger partial charge on any atom is 0.326 e. The molecule has 21 nitrogen and oxygen atoms in total. The van der Waals surface area contributed by atoms with Crippen LogP contribution in [0.1, 0.15) is 64.3 Å². The lowest BCUT2D eigenvalue weighted by atomic mass is 9.93. The minimum absolute atomic E-state index is 0.0372. The molecule has 2 fully saturated rings. The van der Waals surface area contributed by atoms with Crippen molar-refractivity contribution in [2.24, 2.45) is 0 Å². The van der Waals surface area contributed by atoms with Crippen molar-refractivity contribution < 1.29 is 53.8 Å². The van der Waals surface area contributed by atoms with E-state index >= 15 is 0 Å².